The van der Waals surface area contributed by atoms with Crippen molar-refractivity contribution in [3.8, 4) is 0 Å². The molecule has 2 aliphatic heterocycles. The van der Waals surface area contributed by atoms with E-state index in [2.05, 4.69) is 28.4 Å². The second-order valence-corrected chi connectivity index (χ2v) is 10.5. The third-order valence-corrected chi connectivity index (χ3v) is 8.49. The number of para-hydroxylation sites is 1. The first-order valence-corrected chi connectivity index (χ1v) is 12.9. The number of hydrogen-bond donors (Lipinski definition) is 1. The van der Waals surface area contributed by atoms with Gasteiger partial charge in [0.2, 0.25) is 10.0 Å². The van der Waals surface area contributed by atoms with Crippen molar-refractivity contribution in [2.24, 2.45) is 0 Å². The molecule has 1 amide bonds. The fourth-order valence-corrected chi connectivity index (χ4v) is 6.21. The summed E-state index contributed by atoms with van der Waals surface area (Å²) >= 11 is 6.21. The number of fused-ring (bicyclic) bond motifs is 1. The van der Waals surface area contributed by atoms with Crippen LogP contribution in [-0.2, 0) is 21.2 Å². The Bertz CT molecular complexity index is 1320. The Kier molecular flexibility index (Phi) is 6.31. The molecule has 1 saturated heterocycles. The van der Waals surface area contributed by atoms with Crippen LogP contribution in [0.15, 0.2) is 71.6 Å². The number of carbonyl (C=O) groups excluding carboxylic acids is 1. The number of morpholine rings is 1. The summed E-state index contributed by atoms with van der Waals surface area (Å²) in [4.78, 5) is 15.1. The number of anilines is 3. The quantitative estimate of drug-likeness (QED) is 0.568. The van der Waals surface area contributed by atoms with E-state index in [1.54, 1.807) is 0 Å². The van der Waals surface area contributed by atoms with Crippen LogP contribution >= 0.6 is 11.6 Å². The van der Waals surface area contributed by atoms with Gasteiger partial charge in [0, 0.05) is 42.3 Å². The minimum atomic E-state index is -3.83. The van der Waals surface area contributed by atoms with E-state index >= 15 is 0 Å². The van der Waals surface area contributed by atoms with E-state index in [4.69, 9.17) is 16.3 Å². The second kappa shape index (κ2) is 9.38. The Morgan fingerprint density at radius 3 is 2.44 bits per heavy atom. The average Bonchev–Trinajstić information content (AvgIpc) is 3.29. The number of rotatable bonds is 5. The van der Waals surface area contributed by atoms with Crippen molar-refractivity contribution in [1.82, 2.24) is 4.31 Å². The van der Waals surface area contributed by atoms with Crippen LogP contribution in [0.4, 0.5) is 17.1 Å². The number of nitrogens with zero attached hydrogens (tertiary/aromatic N) is 2. The van der Waals surface area contributed by atoms with Crippen LogP contribution in [0.5, 0.6) is 0 Å². The standard InChI is InChI=1S/C25H24ClN3O4S/c26-22-10-5-19(17-24(22)34(31,32)28-13-15-33-16-14-28)25(30)27-20-6-8-21(9-7-20)29-12-11-18-3-1-2-4-23(18)29/h1-10,17H,11-16H2,(H,27,30). The number of sulfonamides is 1. The SMILES string of the molecule is O=C(Nc1ccc(N2CCc3ccccc32)cc1)c1ccc(Cl)c(S(=O)(=O)N2CCOCC2)c1. The van der Waals surface area contributed by atoms with Crippen LogP contribution in [0.3, 0.4) is 0 Å². The average molecular weight is 498 g/mol. The lowest BCUT2D eigenvalue weighted by Gasteiger charge is -2.26. The molecule has 0 spiro atoms. The molecule has 0 radical (unpaired) electrons. The van der Waals surface area contributed by atoms with Gasteiger partial charge in [-0.15, -0.1) is 0 Å². The van der Waals surface area contributed by atoms with Gasteiger partial charge in [-0.05, 0) is 60.5 Å². The fourth-order valence-electron chi connectivity index (χ4n) is 4.30. The van der Waals surface area contributed by atoms with E-state index in [-0.39, 0.29) is 28.6 Å². The molecule has 2 heterocycles. The summed E-state index contributed by atoms with van der Waals surface area (Å²) in [5, 5.41) is 2.93. The number of ether oxygens (including phenoxy) is 1. The maximum atomic E-state index is 13.0. The number of benzene rings is 3. The van der Waals surface area contributed by atoms with E-state index in [9.17, 15) is 13.2 Å². The van der Waals surface area contributed by atoms with Gasteiger partial charge in [0.1, 0.15) is 4.90 Å². The van der Waals surface area contributed by atoms with Crippen LogP contribution in [0.25, 0.3) is 0 Å². The summed E-state index contributed by atoms with van der Waals surface area (Å²) in [7, 11) is -3.83. The lowest BCUT2D eigenvalue weighted by molar-refractivity contribution is 0.0730. The van der Waals surface area contributed by atoms with E-state index in [1.807, 2.05) is 30.3 Å². The van der Waals surface area contributed by atoms with Gasteiger partial charge in [-0.3, -0.25) is 4.79 Å². The molecule has 2 aliphatic rings. The van der Waals surface area contributed by atoms with Gasteiger partial charge in [-0.1, -0.05) is 29.8 Å². The Labute approximate surface area is 203 Å². The topological polar surface area (TPSA) is 79.0 Å². The Balaban J connectivity index is 1.32. The molecule has 1 N–H and O–H groups in total. The van der Waals surface area contributed by atoms with Crippen molar-refractivity contribution in [3.05, 3.63) is 82.9 Å². The molecule has 1 fully saturated rings. The van der Waals surface area contributed by atoms with Gasteiger partial charge in [0.25, 0.3) is 5.91 Å². The predicted molar refractivity (Wildman–Crippen MR) is 133 cm³/mol. The smallest absolute Gasteiger partial charge is 0.255 e. The third kappa shape index (κ3) is 4.42. The summed E-state index contributed by atoms with van der Waals surface area (Å²) in [5.41, 5.74) is 4.41. The first-order chi connectivity index (χ1) is 16.4. The molecule has 0 unspecified atom stereocenters. The number of nitrogens with one attached hydrogen (secondary N) is 1. The molecular formula is C25H24ClN3O4S. The molecule has 7 nitrogen and oxygen atoms in total. The van der Waals surface area contributed by atoms with Gasteiger partial charge in [0.15, 0.2) is 0 Å². The van der Waals surface area contributed by atoms with Crippen LogP contribution in [-0.4, -0.2) is 51.5 Å². The normalized spacial score (nSPS) is 16.3. The number of hydrogen-bond acceptors (Lipinski definition) is 5. The monoisotopic (exact) mass is 497 g/mol. The lowest BCUT2D eigenvalue weighted by atomic mass is 10.2. The first kappa shape index (κ1) is 22.9. The molecule has 0 aromatic heterocycles. The highest BCUT2D eigenvalue weighted by Crippen LogP contribution is 2.34. The summed E-state index contributed by atoms with van der Waals surface area (Å²) in [5.74, 6) is -0.408. The maximum Gasteiger partial charge on any atom is 0.255 e. The molecule has 176 valence electrons. The predicted octanol–water partition coefficient (Wildman–Crippen LogP) is 4.31. The zero-order valence-electron chi connectivity index (χ0n) is 18.4. The van der Waals surface area contributed by atoms with Crippen LogP contribution in [0.1, 0.15) is 15.9 Å². The fraction of sp³-hybridized carbons (Fsp3) is 0.240. The number of carbonyl (C=O) groups is 1. The van der Waals surface area contributed by atoms with Crippen molar-refractivity contribution >= 4 is 44.6 Å². The molecule has 5 rings (SSSR count). The second-order valence-electron chi connectivity index (χ2n) is 8.19. The molecule has 0 atom stereocenters. The van der Waals surface area contributed by atoms with Crippen molar-refractivity contribution in [2.45, 2.75) is 11.3 Å². The van der Waals surface area contributed by atoms with Crippen molar-refractivity contribution < 1.29 is 17.9 Å². The van der Waals surface area contributed by atoms with Gasteiger partial charge >= 0.3 is 0 Å². The molecule has 9 heteroatoms. The highest BCUT2D eigenvalue weighted by atomic mass is 35.5. The zero-order valence-corrected chi connectivity index (χ0v) is 20.0. The summed E-state index contributed by atoms with van der Waals surface area (Å²) < 4.78 is 32.7. The van der Waals surface area contributed by atoms with Crippen LogP contribution in [0.2, 0.25) is 5.02 Å². The zero-order chi connectivity index (χ0) is 23.7. The van der Waals surface area contributed by atoms with E-state index in [1.165, 1.54) is 33.8 Å². The van der Waals surface area contributed by atoms with E-state index in [0.29, 0.717) is 18.9 Å². The van der Waals surface area contributed by atoms with Gasteiger partial charge in [-0.25, -0.2) is 8.42 Å². The highest BCUT2D eigenvalue weighted by molar-refractivity contribution is 7.89. The van der Waals surface area contributed by atoms with Crippen molar-refractivity contribution in [3.63, 3.8) is 0 Å². The van der Waals surface area contributed by atoms with Gasteiger partial charge in [-0.2, -0.15) is 4.31 Å². The molecular weight excluding hydrogens is 474 g/mol. The highest BCUT2D eigenvalue weighted by Gasteiger charge is 2.29. The first-order valence-electron chi connectivity index (χ1n) is 11.1. The van der Waals surface area contributed by atoms with Gasteiger partial charge < -0.3 is 15.0 Å². The molecule has 34 heavy (non-hydrogen) atoms. The Morgan fingerprint density at radius 2 is 1.68 bits per heavy atom. The van der Waals surface area contributed by atoms with Crippen LogP contribution < -0.4 is 10.2 Å². The van der Waals surface area contributed by atoms with Crippen molar-refractivity contribution in [2.75, 3.05) is 43.1 Å². The molecule has 0 saturated carbocycles. The largest absolute Gasteiger partial charge is 0.379 e. The number of halogens is 1. The summed E-state index contributed by atoms with van der Waals surface area (Å²) in [6.45, 7) is 2.08. The minimum absolute atomic E-state index is 0.0771. The summed E-state index contributed by atoms with van der Waals surface area (Å²) in [6, 6.07) is 20.2. The lowest BCUT2D eigenvalue weighted by Crippen LogP contribution is -2.40. The van der Waals surface area contributed by atoms with Crippen LogP contribution in [0, 0.1) is 0 Å². The Hall–Kier alpha value is -2.91. The van der Waals surface area contributed by atoms with E-state index < -0.39 is 15.9 Å². The number of amides is 1. The molecule has 0 bridgehead atoms. The summed E-state index contributed by atoms with van der Waals surface area (Å²) in [6.07, 6.45) is 1.00. The Morgan fingerprint density at radius 1 is 0.941 bits per heavy atom. The third-order valence-electron chi connectivity index (χ3n) is 6.11. The van der Waals surface area contributed by atoms with E-state index in [0.717, 1.165) is 18.7 Å². The molecule has 0 aliphatic carbocycles. The molecule has 3 aromatic rings. The van der Waals surface area contributed by atoms with Crippen molar-refractivity contribution in [1.29, 1.82) is 0 Å². The molecule has 3 aromatic carbocycles. The minimum Gasteiger partial charge on any atom is -0.379 e. The van der Waals surface area contributed by atoms with Gasteiger partial charge in [0.05, 0.1) is 18.2 Å². The maximum absolute atomic E-state index is 13.0.